The van der Waals surface area contributed by atoms with Crippen molar-refractivity contribution in [2.75, 3.05) is 0 Å². The number of nitrogens with zero attached hydrogens (tertiary/aromatic N) is 3. The van der Waals surface area contributed by atoms with Crippen molar-refractivity contribution in [3.8, 4) is 5.69 Å². The topological polar surface area (TPSA) is 38.1 Å². The van der Waals surface area contributed by atoms with Crippen LogP contribution in [0, 0.1) is 12.7 Å². The van der Waals surface area contributed by atoms with Gasteiger partial charge in [-0.05, 0) is 62.2 Å². The Hall–Kier alpha value is -2.66. The maximum absolute atomic E-state index is 14.2. The molecule has 3 aromatic rings. The first-order valence-corrected chi connectivity index (χ1v) is 9.27. The van der Waals surface area contributed by atoms with Crippen molar-refractivity contribution in [1.29, 1.82) is 0 Å². The van der Waals surface area contributed by atoms with Gasteiger partial charge >= 0.3 is 0 Å². The number of hydrogen-bond acceptors (Lipinski definition) is 2. The molecule has 6 heteroatoms. The molecule has 0 N–H and O–H groups in total. The Labute approximate surface area is 162 Å². The van der Waals surface area contributed by atoms with Gasteiger partial charge in [-0.25, -0.2) is 9.07 Å². The van der Waals surface area contributed by atoms with Gasteiger partial charge in [0.05, 0.1) is 12.2 Å². The van der Waals surface area contributed by atoms with Gasteiger partial charge in [0, 0.05) is 34.1 Å². The van der Waals surface area contributed by atoms with Crippen molar-refractivity contribution in [2.24, 2.45) is 0 Å². The number of carbonyl (C=O) groups excluding carboxylic acids is 1. The fourth-order valence-corrected chi connectivity index (χ4v) is 3.38. The fourth-order valence-electron chi connectivity index (χ4n) is 3.16. The van der Waals surface area contributed by atoms with Crippen LogP contribution in [0.4, 0.5) is 4.39 Å². The van der Waals surface area contributed by atoms with Crippen LogP contribution >= 0.6 is 11.6 Å². The van der Waals surface area contributed by atoms with Gasteiger partial charge in [0.1, 0.15) is 5.82 Å². The summed E-state index contributed by atoms with van der Waals surface area (Å²) in [6, 6.07) is 14.0. The van der Waals surface area contributed by atoms with E-state index in [1.54, 1.807) is 35.4 Å². The Morgan fingerprint density at radius 1 is 1.22 bits per heavy atom. The molecule has 4 rings (SSSR count). The lowest BCUT2D eigenvalue weighted by Gasteiger charge is -2.23. The van der Waals surface area contributed by atoms with Crippen LogP contribution in [0.2, 0.25) is 5.02 Å². The van der Waals surface area contributed by atoms with E-state index in [1.807, 2.05) is 29.8 Å². The second-order valence-electron chi connectivity index (χ2n) is 6.80. The molecule has 1 aromatic heterocycles. The van der Waals surface area contributed by atoms with Crippen molar-refractivity contribution in [3.63, 3.8) is 0 Å². The standard InChI is InChI=1S/C21H19ClFN3O/c1-14-11-12-24-26(14)17-7-5-15(6-8-17)21(27)25(16-9-10-16)13-18-19(22)3-2-4-20(18)23/h2-8,11-12,16H,9-10,13H2,1H3. The molecule has 0 radical (unpaired) electrons. The predicted octanol–water partition coefficient (Wildman–Crippen LogP) is 4.78. The first kappa shape index (κ1) is 17.7. The largest absolute Gasteiger partial charge is 0.331 e. The minimum absolute atomic E-state index is 0.111. The van der Waals surface area contributed by atoms with E-state index in [0.29, 0.717) is 16.1 Å². The molecule has 0 saturated heterocycles. The van der Waals surface area contributed by atoms with Crippen LogP contribution in [-0.2, 0) is 6.54 Å². The average molecular weight is 384 g/mol. The van der Waals surface area contributed by atoms with Gasteiger partial charge < -0.3 is 4.90 Å². The lowest BCUT2D eigenvalue weighted by atomic mass is 10.1. The zero-order valence-electron chi connectivity index (χ0n) is 14.9. The van der Waals surface area contributed by atoms with Crippen LogP contribution in [0.5, 0.6) is 0 Å². The highest BCUT2D eigenvalue weighted by atomic mass is 35.5. The van der Waals surface area contributed by atoms with Crippen molar-refractivity contribution in [3.05, 3.63) is 82.4 Å². The van der Waals surface area contributed by atoms with Crippen molar-refractivity contribution >= 4 is 17.5 Å². The monoisotopic (exact) mass is 383 g/mol. The molecule has 1 aliphatic rings. The summed E-state index contributed by atoms with van der Waals surface area (Å²) in [5.74, 6) is -0.494. The number of aryl methyl sites for hydroxylation is 1. The molecular weight excluding hydrogens is 365 g/mol. The van der Waals surface area contributed by atoms with E-state index in [9.17, 15) is 9.18 Å². The summed E-state index contributed by atoms with van der Waals surface area (Å²) in [4.78, 5) is 14.8. The summed E-state index contributed by atoms with van der Waals surface area (Å²) in [5.41, 5.74) is 2.85. The van der Waals surface area contributed by atoms with Gasteiger partial charge in [-0.2, -0.15) is 5.10 Å². The van der Waals surface area contributed by atoms with Crippen LogP contribution in [0.1, 0.15) is 34.5 Å². The van der Waals surface area contributed by atoms with E-state index in [1.165, 1.54) is 6.07 Å². The highest BCUT2D eigenvalue weighted by molar-refractivity contribution is 6.31. The molecule has 1 fully saturated rings. The third-order valence-corrected chi connectivity index (χ3v) is 5.18. The summed E-state index contributed by atoms with van der Waals surface area (Å²) < 4.78 is 16.0. The summed E-state index contributed by atoms with van der Waals surface area (Å²) in [6.07, 6.45) is 3.60. The first-order chi connectivity index (χ1) is 13.0. The molecule has 0 unspecified atom stereocenters. The highest BCUT2D eigenvalue weighted by Gasteiger charge is 2.34. The molecule has 0 atom stereocenters. The lowest BCUT2D eigenvalue weighted by molar-refractivity contribution is 0.0728. The molecule has 138 valence electrons. The smallest absolute Gasteiger partial charge is 0.254 e. The van der Waals surface area contributed by atoms with Gasteiger partial charge in [0.2, 0.25) is 0 Å². The van der Waals surface area contributed by atoms with Crippen molar-refractivity contribution in [1.82, 2.24) is 14.7 Å². The molecule has 1 saturated carbocycles. The first-order valence-electron chi connectivity index (χ1n) is 8.89. The second kappa shape index (κ2) is 7.16. The van der Waals surface area contributed by atoms with Crippen LogP contribution in [0.15, 0.2) is 54.7 Å². The van der Waals surface area contributed by atoms with Crippen LogP contribution in [0.25, 0.3) is 5.69 Å². The number of rotatable bonds is 5. The molecule has 2 aromatic carbocycles. The molecule has 4 nitrogen and oxygen atoms in total. The molecule has 1 heterocycles. The summed E-state index contributed by atoms with van der Waals surface area (Å²) in [7, 11) is 0. The zero-order valence-corrected chi connectivity index (χ0v) is 15.7. The maximum atomic E-state index is 14.2. The number of aromatic nitrogens is 2. The molecule has 0 spiro atoms. The molecule has 27 heavy (non-hydrogen) atoms. The number of halogens is 2. The van der Waals surface area contributed by atoms with E-state index in [2.05, 4.69) is 5.10 Å². The van der Waals surface area contributed by atoms with E-state index >= 15 is 0 Å². The van der Waals surface area contributed by atoms with Gasteiger partial charge in [0.25, 0.3) is 5.91 Å². The molecule has 0 bridgehead atoms. The number of hydrogen-bond donors (Lipinski definition) is 0. The third-order valence-electron chi connectivity index (χ3n) is 4.83. The van der Waals surface area contributed by atoms with Crippen LogP contribution in [-0.4, -0.2) is 26.6 Å². The van der Waals surface area contributed by atoms with Crippen LogP contribution in [0.3, 0.4) is 0 Å². The van der Waals surface area contributed by atoms with Gasteiger partial charge in [-0.3, -0.25) is 4.79 Å². The predicted molar refractivity (Wildman–Crippen MR) is 103 cm³/mol. The second-order valence-corrected chi connectivity index (χ2v) is 7.20. The Morgan fingerprint density at radius 2 is 1.96 bits per heavy atom. The minimum atomic E-state index is -0.384. The molecular formula is C21H19ClFN3O. The Bertz CT molecular complexity index is 959. The summed E-state index contributed by atoms with van der Waals surface area (Å²) in [5, 5.41) is 4.62. The molecule has 0 aliphatic heterocycles. The van der Waals surface area contributed by atoms with Gasteiger partial charge in [-0.15, -0.1) is 0 Å². The summed E-state index contributed by atoms with van der Waals surface area (Å²) in [6.45, 7) is 2.15. The van der Waals surface area contributed by atoms with Gasteiger partial charge in [-0.1, -0.05) is 17.7 Å². The van der Waals surface area contributed by atoms with E-state index in [-0.39, 0.29) is 24.3 Å². The number of carbonyl (C=O) groups is 1. The average Bonchev–Trinajstić information content (AvgIpc) is 3.41. The van der Waals surface area contributed by atoms with Crippen LogP contribution < -0.4 is 0 Å². The zero-order chi connectivity index (χ0) is 19.0. The molecule has 1 aliphatic carbocycles. The highest BCUT2D eigenvalue weighted by Crippen LogP contribution is 2.32. The number of amides is 1. The Morgan fingerprint density at radius 3 is 2.56 bits per heavy atom. The van der Waals surface area contributed by atoms with Gasteiger partial charge in [0.15, 0.2) is 0 Å². The molecule has 1 amide bonds. The fraction of sp³-hybridized carbons (Fsp3) is 0.238. The van der Waals surface area contributed by atoms with E-state index in [0.717, 1.165) is 24.2 Å². The quantitative estimate of drug-likeness (QED) is 0.636. The van der Waals surface area contributed by atoms with E-state index < -0.39 is 0 Å². The summed E-state index contributed by atoms with van der Waals surface area (Å²) >= 11 is 6.15. The third kappa shape index (κ3) is 3.60. The van der Waals surface area contributed by atoms with Crippen molar-refractivity contribution in [2.45, 2.75) is 32.4 Å². The normalized spacial score (nSPS) is 13.6. The SMILES string of the molecule is Cc1ccnn1-c1ccc(C(=O)N(Cc2c(F)cccc2Cl)C2CC2)cc1. The lowest BCUT2D eigenvalue weighted by Crippen LogP contribution is -2.33. The minimum Gasteiger partial charge on any atom is -0.331 e. The van der Waals surface area contributed by atoms with Crippen molar-refractivity contribution < 1.29 is 9.18 Å². The maximum Gasteiger partial charge on any atom is 0.254 e. The Kier molecular flexibility index (Phi) is 4.70. The number of benzene rings is 2. The van der Waals surface area contributed by atoms with E-state index in [4.69, 9.17) is 11.6 Å². The Balaban J connectivity index is 1.59.